The van der Waals surface area contributed by atoms with Gasteiger partial charge in [0.25, 0.3) is 0 Å². The first-order valence-corrected chi connectivity index (χ1v) is 7.03. The van der Waals surface area contributed by atoms with E-state index < -0.39 is 0 Å². The van der Waals surface area contributed by atoms with E-state index in [0.29, 0.717) is 12.3 Å². The number of aldehydes is 1. The van der Waals surface area contributed by atoms with Gasteiger partial charge in [-0.05, 0) is 23.6 Å². The highest BCUT2D eigenvalue weighted by Gasteiger charge is 2.01. The number of anilines is 1. The molecule has 2 nitrogen and oxygen atoms in total. The average molecular weight is 271 g/mol. The molecular formula is C18H25NO. The van der Waals surface area contributed by atoms with Gasteiger partial charge in [-0.2, -0.15) is 0 Å². The first-order valence-electron chi connectivity index (χ1n) is 7.03. The molecule has 108 valence electrons. The van der Waals surface area contributed by atoms with E-state index in [1.165, 1.54) is 5.56 Å². The van der Waals surface area contributed by atoms with Gasteiger partial charge in [0, 0.05) is 12.1 Å². The molecule has 2 rings (SSSR count). The predicted octanol–water partition coefficient (Wildman–Crippen LogP) is 4.67. The lowest BCUT2D eigenvalue weighted by atomic mass is 9.99. The van der Waals surface area contributed by atoms with E-state index in [-0.39, 0.29) is 0 Å². The van der Waals surface area contributed by atoms with Crippen LogP contribution in [0.25, 0.3) is 0 Å². The zero-order valence-corrected chi connectivity index (χ0v) is 12.6. The highest BCUT2D eigenvalue weighted by Crippen LogP contribution is 2.16. The second-order valence-corrected chi connectivity index (χ2v) is 4.12. The molecule has 0 bridgehead atoms. The molecule has 2 aromatic carbocycles. The lowest BCUT2D eigenvalue weighted by Crippen LogP contribution is -1.92. The lowest BCUT2D eigenvalue weighted by molar-refractivity contribution is -0.108. The molecule has 0 amide bonds. The van der Waals surface area contributed by atoms with Crippen LogP contribution in [0.4, 0.5) is 5.69 Å². The fourth-order valence-corrected chi connectivity index (χ4v) is 1.52. The molecule has 2 heteroatoms. The molecule has 20 heavy (non-hydrogen) atoms. The molecule has 0 spiro atoms. The number of hydrogen-bond donors (Lipinski definition) is 1. The topological polar surface area (TPSA) is 43.1 Å². The Morgan fingerprint density at radius 2 is 1.40 bits per heavy atom. The Morgan fingerprint density at radius 3 is 1.75 bits per heavy atom. The molecule has 2 aromatic rings. The summed E-state index contributed by atoms with van der Waals surface area (Å²) in [4.78, 5) is 10.2. The monoisotopic (exact) mass is 271 g/mol. The van der Waals surface area contributed by atoms with E-state index in [9.17, 15) is 4.79 Å². The van der Waals surface area contributed by atoms with Gasteiger partial charge in [0.1, 0.15) is 6.29 Å². The molecule has 0 aliphatic heterocycles. The summed E-state index contributed by atoms with van der Waals surface area (Å²) < 4.78 is 0. The van der Waals surface area contributed by atoms with Crippen LogP contribution in [0.2, 0.25) is 0 Å². The summed E-state index contributed by atoms with van der Waals surface area (Å²) in [5.74, 6) is 0.355. The van der Waals surface area contributed by atoms with Gasteiger partial charge in [-0.1, -0.05) is 69.3 Å². The van der Waals surface area contributed by atoms with Crippen molar-refractivity contribution in [3.63, 3.8) is 0 Å². The lowest BCUT2D eigenvalue weighted by Gasteiger charge is -2.06. The summed E-state index contributed by atoms with van der Waals surface area (Å²) in [6, 6.07) is 19.6. The summed E-state index contributed by atoms with van der Waals surface area (Å²) in [5.41, 5.74) is 7.42. The summed E-state index contributed by atoms with van der Waals surface area (Å²) in [6.07, 6.45) is 1.58. The Bertz CT molecular complexity index is 439. The van der Waals surface area contributed by atoms with Crippen LogP contribution in [0.15, 0.2) is 60.7 Å². The first-order chi connectivity index (χ1) is 9.74. The van der Waals surface area contributed by atoms with Gasteiger partial charge in [-0.25, -0.2) is 0 Å². The van der Waals surface area contributed by atoms with Crippen LogP contribution < -0.4 is 5.73 Å². The number of hydrogen-bond acceptors (Lipinski definition) is 2. The number of benzene rings is 2. The van der Waals surface area contributed by atoms with Crippen molar-refractivity contribution < 1.29 is 4.79 Å². The highest BCUT2D eigenvalue weighted by atomic mass is 16.1. The summed E-state index contributed by atoms with van der Waals surface area (Å²) in [6.45, 7) is 6.06. The summed E-state index contributed by atoms with van der Waals surface area (Å²) in [5, 5.41) is 0. The Hall–Kier alpha value is -2.09. The minimum Gasteiger partial charge on any atom is -0.399 e. The van der Waals surface area contributed by atoms with Crippen LogP contribution in [0, 0.1) is 0 Å². The van der Waals surface area contributed by atoms with Gasteiger partial charge < -0.3 is 10.5 Å². The van der Waals surface area contributed by atoms with Gasteiger partial charge in [-0.3, -0.25) is 0 Å². The Balaban J connectivity index is 0.000000345. The Morgan fingerprint density at radius 1 is 0.950 bits per heavy atom. The fraction of sp³-hybridized carbons (Fsp3) is 0.278. The number of nitrogens with two attached hydrogens (primary N) is 1. The maximum atomic E-state index is 10.2. The molecule has 0 aromatic heterocycles. The van der Waals surface area contributed by atoms with Crippen molar-refractivity contribution in [3.05, 3.63) is 66.2 Å². The van der Waals surface area contributed by atoms with E-state index in [4.69, 9.17) is 5.73 Å². The molecular weight excluding hydrogens is 246 g/mol. The van der Waals surface area contributed by atoms with E-state index in [0.717, 1.165) is 12.0 Å². The second kappa shape index (κ2) is 12.0. The number of carbonyl (C=O) groups is 1. The van der Waals surface area contributed by atoms with Gasteiger partial charge >= 0.3 is 0 Å². The highest BCUT2D eigenvalue weighted by molar-refractivity contribution is 5.51. The van der Waals surface area contributed by atoms with Crippen LogP contribution >= 0.6 is 0 Å². The van der Waals surface area contributed by atoms with Crippen LogP contribution in [0.5, 0.6) is 0 Å². The second-order valence-electron chi connectivity index (χ2n) is 4.12. The van der Waals surface area contributed by atoms with E-state index in [2.05, 4.69) is 6.92 Å². The molecule has 0 fully saturated rings. The molecule has 0 aliphatic carbocycles. The summed E-state index contributed by atoms with van der Waals surface area (Å²) >= 11 is 0. The van der Waals surface area contributed by atoms with E-state index in [1.54, 1.807) is 0 Å². The molecule has 0 saturated heterocycles. The average Bonchev–Trinajstić information content (AvgIpc) is 2.52. The van der Waals surface area contributed by atoms with Crippen LogP contribution in [-0.4, -0.2) is 6.29 Å². The minimum absolute atomic E-state index is 0.355. The molecule has 0 radical (unpaired) electrons. The van der Waals surface area contributed by atoms with Gasteiger partial charge in [0.2, 0.25) is 0 Å². The minimum atomic E-state index is 0.355. The first kappa shape index (κ1) is 17.9. The SMILES string of the molecule is CC.CC(CC=O)c1ccccc1.Nc1ccccc1. The number of para-hydroxylation sites is 1. The van der Waals surface area contributed by atoms with Crippen molar-refractivity contribution in [1.29, 1.82) is 0 Å². The predicted molar refractivity (Wildman–Crippen MR) is 87.7 cm³/mol. The third-order valence-electron chi connectivity index (χ3n) is 2.62. The number of carbonyl (C=O) groups excluding carboxylic acids is 1. The van der Waals surface area contributed by atoms with Crippen LogP contribution in [0.3, 0.4) is 0 Å². The fourth-order valence-electron chi connectivity index (χ4n) is 1.52. The zero-order chi connectivity index (χ0) is 15.2. The van der Waals surface area contributed by atoms with Gasteiger partial charge in [-0.15, -0.1) is 0 Å². The van der Waals surface area contributed by atoms with Crippen molar-refractivity contribution in [2.24, 2.45) is 0 Å². The third-order valence-corrected chi connectivity index (χ3v) is 2.62. The molecule has 1 unspecified atom stereocenters. The summed E-state index contributed by atoms with van der Waals surface area (Å²) in [7, 11) is 0. The quantitative estimate of drug-likeness (QED) is 0.651. The number of nitrogen functional groups attached to an aromatic ring is 1. The van der Waals surface area contributed by atoms with Crippen molar-refractivity contribution in [3.8, 4) is 0 Å². The molecule has 2 N–H and O–H groups in total. The Labute approximate surface area is 122 Å². The zero-order valence-electron chi connectivity index (χ0n) is 12.6. The standard InChI is InChI=1S/C10H12O.C6H7N.C2H6/c1-9(7-8-11)10-5-3-2-4-6-10;7-6-4-2-1-3-5-6;1-2/h2-6,8-9H,7H2,1H3;1-5H,7H2;1-2H3. The van der Waals surface area contributed by atoms with Crippen LogP contribution in [0.1, 0.15) is 38.7 Å². The smallest absolute Gasteiger partial charge is 0.120 e. The number of rotatable bonds is 3. The third kappa shape index (κ3) is 8.09. The van der Waals surface area contributed by atoms with Crippen molar-refractivity contribution in [1.82, 2.24) is 0 Å². The molecule has 0 heterocycles. The largest absolute Gasteiger partial charge is 0.399 e. The van der Waals surface area contributed by atoms with Gasteiger partial charge in [0.05, 0.1) is 0 Å². The van der Waals surface area contributed by atoms with E-state index in [1.807, 2.05) is 74.5 Å². The van der Waals surface area contributed by atoms with E-state index >= 15 is 0 Å². The molecule has 0 aliphatic rings. The van der Waals surface area contributed by atoms with Gasteiger partial charge in [0.15, 0.2) is 0 Å². The molecule has 1 atom stereocenters. The Kier molecular flexibility index (Phi) is 10.7. The normalized spacial score (nSPS) is 10.2. The van der Waals surface area contributed by atoms with Crippen molar-refractivity contribution in [2.75, 3.05) is 5.73 Å². The van der Waals surface area contributed by atoms with Crippen molar-refractivity contribution >= 4 is 12.0 Å². The maximum Gasteiger partial charge on any atom is 0.120 e. The molecule has 0 saturated carbocycles. The van der Waals surface area contributed by atoms with Crippen molar-refractivity contribution in [2.45, 2.75) is 33.1 Å². The van der Waals surface area contributed by atoms with Crippen LogP contribution in [-0.2, 0) is 4.79 Å². The maximum absolute atomic E-state index is 10.2.